The minimum Gasteiger partial charge on any atom is -0.496 e. The number of hydrogen-bond donors (Lipinski definition) is 1. The third kappa shape index (κ3) is 4.06. The van der Waals surface area contributed by atoms with Crippen molar-refractivity contribution in [1.29, 1.82) is 0 Å². The largest absolute Gasteiger partial charge is 0.496 e. The molecular formula is C20H25F3N2O. The maximum absolute atomic E-state index is 13.0. The quantitative estimate of drug-likeness (QED) is 0.830. The van der Waals surface area contributed by atoms with Gasteiger partial charge in [0.05, 0.1) is 12.7 Å². The van der Waals surface area contributed by atoms with Gasteiger partial charge in [0.15, 0.2) is 0 Å². The first kappa shape index (κ1) is 19.9. The predicted molar refractivity (Wildman–Crippen MR) is 97.4 cm³/mol. The first-order chi connectivity index (χ1) is 12.1. The van der Waals surface area contributed by atoms with Gasteiger partial charge in [-0.25, -0.2) is 0 Å². The second kappa shape index (κ2) is 7.48. The maximum atomic E-state index is 13.0. The van der Waals surface area contributed by atoms with Crippen molar-refractivity contribution >= 4 is 0 Å². The van der Waals surface area contributed by atoms with Gasteiger partial charge in [-0.05, 0) is 48.1 Å². The van der Waals surface area contributed by atoms with Crippen LogP contribution in [0.5, 0.6) is 5.75 Å². The summed E-state index contributed by atoms with van der Waals surface area (Å²) >= 11 is 0. The van der Waals surface area contributed by atoms with Crippen LogP contribution in [0.15, 0.2) is 53.5 Å². The Morgan fingerprint density at radius 1 is 1.35 bits per heavy atom. The molecule has 3 nitrogen and oxygen atoms in total. The number of methoxy groups -OCH3 is 1. The fourth-order valence-corrected chi connectivity index (χ4v) is 3.02. The minimum atomic E-state index is -4.45. The highest BCUT2D eigenvalue weighted by molar-refractivity contribution is 5.44. The van der Waals surface area contributed by atoms with Crippen molar-refractivity contribution in [3.8, 4) is 5.75 Å². The summed E-state index contributed by atoms with van der Waals surface area (Å²) < 4.78 is 44.1. The molecule has 0 fully saturated rings. The van der Waals surface area contributed by atoms with Crippen LogP contribution in [0.25, 0.3) is 0 Å². The first-order valence-electron chi connectivity index (χ1n) is 8.38. The molecule has 142 valence electrons. The lowest BCUT2D eigenvalue weighted by Gasteiger charge is -2.30. The average molecular weight is 366 g/mol. The molecule has 0 bridgehead atoms. The van der Waals surface area contributed by atoms with Crippen molar-refractivity contribution in [3.05, 3.63) is 64.6 Å². The number of rotatable bonds is 3. The van der Waals surface area contributed by atoms with E-state index in [1.165, 1.54) is 19.2 Å². The molecule has 1 aromatic rings. The molecule has 1 atom stereocenters. The smallest absolute Gasteiger partial charge is 0.419 e. The molecule has 2 N–H and O–H groups in total. The second-order valence-corrected chi connectivity index (χ2v) is 6.65. The molecule has 6 heteroatoms. The van der Waals surface area contributed by atoms with Crippen LogP contribution in [0, 0.1) is 5.92 Å². The Balaban J connectivity index is 2.44. The zero-order valence-corrected chi connectivity index (χ0v) is 15.6. The van der Waals surface area contributed by atoms with Crippen LogP contribution >= 0.6 is 0 Å². The van der Waals surface area contributed by atoms with E-state index >= 15 is 0 Å². The Hall–Kier alpha value is -2.37. The van der Waals surface area contributed by atoms with E-state index in [-0.39, 0.29) is 11.7 Å². The highest BCUT2D eigenvalue weighted by Crippen LogP contribution is 2.37. The molecular weight excluding hydrogens is 341 g/mol. The van der Waals surface area contributed by atoms with Crippen LogP contribution in [0.4, 0.5) is 13.2 Å². The van der Waals surface area contributed by atoms with Crippen LogP contribution in [-0.2, 0) is 12.6 Å². The van der Waals surface area contributed by atoms with Crippen LogP contribution in [0.3, 0.4) is 0 Å². The molecule has 0 spiro atoms. The number of ether oxygens (including phenoxy) is 1. The summed E-state index contributed by atoms with van der Waals surface area (Å²) in [5, 5.41) is 0. The van der Waals surface area contributed by atoms with Crippen LogP contribution < -0.4 is 10.5 Å². The topological polar surface area (TPSA) is 38.5 Å². The molecule has 26 heavy (non-hydrogen) atoms. The van der Waals surface area contributed by atoms with E-state index in [0.29, 0.717) is 17.8 Å². The Labute approximate surface area is 152 Å². The average Bonchev–Trinajstić information content (AvgIpc) is 2.60. The number of nitrogens with zero attached hydrogens (tertiary/aromatic N) is 1. The van der Waals surface area contributed by atoms with E-state index < -0.39 is 11.7 Å². The molecule has 0 saturated heterocycles. The summed E-state index contributed by atoms with van der Waals surface area (Å²) in [5.74, 6) is 0.642. The van der Waals surface area contributed by atoms with Crippen molar-refractivity contribution in [1.82, 2.24) is 4.90 Å². The van der Waals surface area contributed by atoms with Gasteiger partial charge in [-0.2, -0.15) is 13.2 Å². The van der Waals surface area contributed by atoms with Crippen molar-refractivity contribution in [2.24, 2.45) is 11.7 Å². The maximum Gasteiger partial charge on any atom is 0.419 e. The van der Waals surface area contributed by atoms with Gasteiger partial charge >= 0.3 is 6.18 Å². The van der Waals surface area contributed by atoms with Crippen LogP contribution in [-0.4, -0.2) is 19.1 Å². The van der Waals surface area contributed by atoms with Gasteiger partial charge in [-0.3, -0.25) is 0 Å². The molecule has 1 unspecified atom stereocenters. The zero-order chi connectivity index (χ0) is 19.6. The number of nitrogens with two attached hydrogens (primary N) is 1. The SMILES string of the molecule is C=C1C(C)C/C=C(C)/C(Cc2ccc(C(F)(F)F)c(OC)c2)=C(/N)N1C. The van der Waals surface area contributed by atoms with Gasteiger partial charge in [-0.15, -0.1) is 0 Å². The molecule has 0 aromatic heterocycles. The summed E-state index contributed by atoms with van der Waals surface area (Å²) in [6.07, 6.45) is -1.10. The Bertz CT molecular complexity index is 763. The number of benzene rings is 1. The fraction of sp³-hybridized carbons (Fsp3) is 0.400. The highest BCUT2D eigenvalue weighted by atomic mass is 19.4. The minimum absolute atomic E-state index is 0.187. The highest BCUT2D eigenvalue weighted by Gasteiger charge is 2.34. The summed E-state index contributed by atoms with van der Waals surface area (Å²) in [5.41, 5.74) is 9.07. The van der Waals surface area contributed by atoms with Gasteiger partial charge in [-0.1, -0.05) is 25.6 Å². The lowest BCUT2D eigenvalue weighted by molar-refractivity contribution is -0.138. The van der Waals surface area contributed by atoms with Gasteiger partial charge in [0.1, 0.15) is 11.6 Å². The fourth-order valence-electron chi connectivity index (χ4n) is 3.02. The normalized spacial score (nSPS) is 24.0. The molecule has 1 aliphatic rings. The summed E-state index contributed by atoms with van der Waals surface area (Å²) in [6, 6.07) is 3.94. The lowest BCUT2D eigenvalue weighted by Crippen LogP contribution is -2.29. The van der Waals surface area contributed by atoms with Gasteiger partial charge in [0, 0.05) is 19.2 Å². The molecule has 0 saturated carbocycles. The number of alkyl halides is 3. The Morgan fingerprint density at radius 2 is 2.00 bits per heavy atom. The van der Waals surface area contributed by atoms with E-state index in [4.69, 9.17) is 10.5 Å². The Kier molecular flexibility index (Phi) is 5.74. The van der Waals surface area contributed by atoms with Crippen molar-refractivity contribution in [2.75, 3.05) is 14.2 Å². The van der Waals surface area contributed by atoms with E-state index in [0.717, 1.165) is 29.3 Å². The lowest BCUT2D eigenvalue weighted by atomic mass is 9.92. The van der Waals surface area contributed by atoms with Crippen molar-refractivity contribution in [3.63, 3.8) is 0 Å². The van der Waals surface area contributed by atoms with E-state index in [9.17, 15) is 13.2 Å². The number of hydrogen-bond acceptors (Lipinski definition) is 3. The van der Waals surface area contributed by atoms with E-state index in [1.807, 2.05) is 18.9 Å². The number of allylic oxidation sites excluding steroid dienone is 4. The Morgan fingerprint density at radius 3 is 2.58 bits per heavy atom. The van der Waals surface area contributed by atoms with Gasteiger partial charge < -0.3 is 15.4 Å². The summed E-state index contributed by atoms with van der Waals surface area (Å²) in [7, 11) is 3.10. The van der Waals surface area contributed by atoms with Crippen LogP contribution in [0.2, 0.25) is 0 Å². The van der Waals surface area contributed by atoms with Crippen molar-refractivity contribution < 1.29 is 17.9 Å². The molecule has 0 amide bonds. The van der Waals surface area contributed by atoms with E-state index in [1.54, 1.807) is 0 Å². The molecule has 1 heterocycles. The number of halogens is 3. The van der Waals surface area contributed by atoms with Gasteiger partial charge in [0.2, 0.25) is 0 Å². The summed E-state index contributed by atoms with van der Waals surface area (Å²) in [4.78, 5) is 1.86. The third-order valence-corrected chi connectivity index (χ3v) is 4.88. The summed E-state index contributed by atoms with van der Waals surface area (Å²) in [6.45, 7) is 8.15. The van der Waals surface area contributed by atoms with Gasteiger partial charge in [0.25, 0.3) is 0 Å². The van der Waals surface area contributed by atoms with E-state index in [2.05, 4.69) is 19.6 Å². The van der Waals surface area contributed by atoms with Crippen LogP contribution in [0.1, 0.15) is 31.4 Å². The molecule has 0 aliphatic carbocycles. The third-order valence-electron chi connectivity index (χ3n) is 4.88. The first-order valence-corrected chi connectivity index (χ1v) is 8.38. The molecule has 0 radical (unpaired) electrons. The molecule has 1 aliphatic heterocycles. The standard InChI is InChI=1S/C20H25F3N2O/c1-12-6-7-13(2)16(19(24)25(4)14(12)3)10-15-8-9-17(20(21,22)23)18(11-15)26-5/h7-9,11-12H,3,6,10,24H2,1-2,4-5H3/b13-7+,19-16-. The molecule has 2 rings (SSSR count). The monoisotopic (exact) mass is 366 g/mol. The second-order valence-electron chi connectivity index (χ2n) is 6.65. The predicted octanol–water partition coefficient (Wildman–Crippen LogP) is 4.86. The van der Waals surface area contributed by atoms with Crippen molar-refractivity contribution in [2.45, 2.75) is 32.9 Å². The molecule has 1 aromatic carbocycles. The zero-order valence-electron chi connectivity index (χ0n) is 15.6.